The molecule has 0 aliphatic carbocycles. The summed E-state index contributed by atoms with van der Waals surface area (Å²) < 4.78 is 38.2. The lowest BCUT2D eigenvalue weighted by molar-refractivity contribution is -0.119. The third kappa shape index (κ3) is 2.89. The van der Waals surface area contributed by atoms with Crippen molar-refractivity contribution in [2.75, 3.05) is 18.5 Å². The fourth-order valence-corrected chi connectivity index (χ4v) is 1.74. The fraction of sp³-hybridized carbons (Fsp3) is 0.556. The van der Waals surface area contributed by atoms with E-state index >= 15 is 0 Å². The summed E-state index contributed by atoms with van der Waals surface area (Å²) in [6.45, 7) is 0.480. The molecule has 0 bridgehead atoms. The zero-order valence-corrected chi connectivity index (χ0v) is 9.76. The summed E-state index contributed by atoms with van der Waals surface area (Å²) in [4.78, 5) is 0.983. The number of nitrogens with two attached hydrogens (primary N) is 1. The highest BCUT2D eigenvalue weighted by atomic mass is 19.4. The Morgan fingerprint density at radius 3 is 2.47 bits per heavy atom. The highest BCUT2D eigenvalue weighted by Crippen LogP contribution is 2.25. The first-order valence-corrected chi connectivity index (χ1v) is 4.79. The van der Waals surface area contributed by atoms with Crippen molar-refractivity contribution in [1.82, 2.24) is 9.78 Å². The van der Waals surface area contributed by atoms with Crippen molar-refractivity contribution in [1.29, 1.82) is 5.41 Å². The van der Waals surface area contributed by atoms with Gasteiger partial charge < -0.3 is 10.6 Å². The molecule has 0 radical (unpaired) electrons. The second-order valence-electron chi connectivity index (χ2n) is 3.79. The number of rotatable bonds is 3. The number of nitrogen functional groups attached to an aromatic ring is 1. The van der Waals surface area contributed by atoms with Crippen molar-refractivity contribution < 1.29 is 13.2 Å². The van der Waals surface area contributed by atoms with E-state index in [9.17, 15) is 13.2 Å². The Bertz CT molecular complexity index is 435. The van der Waals surface area contributed by atoms with Gasteiger partial charge in [-0.25, -0.2) is 0 Å². The van der Waals surface area contributed by atoms with Gasteiger partial charge in [0.2, 0.25) is 0 Å². The van der Waals surface area contributed by atoms with Gasteiger partial charge in [0.15, 0.2) is 0 Å². The summed E-state index contributed by atoms with van der Waals surface area (Å²) in [7, 11) is 2.80. The Hall–Kier alpha value is -1.73. The van der Waals surface area contributed by atoms with Crippen molar-refractivity contribution >= 4 is 11.7 Å². The average Bonchev–Trinajstić information content (AvgIpc) is 2.37. The molecule has 96 valence electrons. The molecular formula is C9H14F3N5. The van der Waals surface area contributed by atoms with E-state index in [4.69, 9.17) is 11.1 Å². The van der Waals surface area contributed by atoms with E-state index in [1.807, 2.05) is 0 Å². The molecule has 0 atom stereocenters. The summed E-state index contributed by atoms with van der Waals surface area (Å²) >= 11 is 0. The van der Waals surface area contributed by atoms with Gasteiger partial charge in [-0.05, 0) is 6.92 Å². The number of amidine groups is 1. The highest BCUT2D eigenvalue weighted by molar-refractivity contribution is 6.00. The molecular weight excluding hydrogens is 235 g/mol. The predicted octanol–water partition coefficient (Wildman–Crippen LogP) is 1.01. The van der Waals surface area contributed by atoms with Crippen LogP contribution in [0.1, 0.15) is 11.3 Å². The molecule has 5 nitrogen and oxygen atoms in total. The second kappa shape index (κ2) is 4.27. The summed E-state index contributed by atoms with van der Waals surface area (Å²) in [6, 6.07) is 0. The maximum absolute atomic E-state index is 12.3. The molecule has 1 rings (SSSR count). The van der Waals surface area contributed by atoms with Crippen molar-refractivity contribution in [2.45, 2.75) is 13.1 Å². The standard InChI is InChI=1S/C9H14F3N5/c1-5-6(7(13)14)8(17(3)15-5)16(2)4-9(10,11)12/h4H2,1-3H3,(H3,13,14). The molecule has 1 heterocycles. The normalized spacial score (nSPS) is 11.6. The van der Waals surface area contributed by atoms with Crippen molar-refractivity contribution in [3.05, 3.63) is 11.3 Å². The number of halogens is 3. The third-order valence-electron chi connectivity index (χ3n) is 2.24. The van der Waals surface area contributed by atoms with Gasteiger partial charge in [-0.2, -0.15) is 18.3 Å². The molecule has 0 aliphatic rings. The van der Waals surface area contributed by atoms with E-state index in [0.717, 1.165) is 4.90 Å². The molecule has 0 fully saturated rings. The molecule has 0 spiro atoms. The van der Waals surface area contributed by atoms with Crippen LogP contribution >= 0.6 is 0 Å². The molecule has 0 aromatic carbocycles. The summed E-state index contributed by atoms with van der Waals surface area (Å²) in [5, 5.41) is 11.3. The number of hydrogen-bond donors (Lipinski definition) is 2. The van der Waals surface area contributed by atoms with Crippen molar-refractivity contribution in [3.63, 3.8) is 0 Å². The minimum absolute atomic E-state index is 0.187. The van der Waals surface area contributed by atoms with E-state index in [-0.39, 0.29) is 17.2 Å². The molecule has 17 heavy (non-hydrogen) atoms. The number of hydrogen-bond acceptors (Lipinski definition) is 3. The molecule has 1 aromatic heterocycles. The lowest BCUT2D eigenvalue weighted by Gasteiger charge is -2.22. The topological polar surface area (TPSA) is 70.9 Å². The van der Waals surface area contributed by atoms with Gasteiger partial charge >= 0.3 is 6.18 Å². The number of aromatic nitrogens is 2. The lowest BCUT2D eigenvalue weighted by Crippen LogP contribution is -2.33. The summed E-state index contributed by atoms with van der Waals surface area (Å²) in [5.74, 6) is -0.105. The van der Waals surface area contributed by atoms with Gasteiger partial charge in [-0.15, -0.1) is 0 Å². The van der Waals surface area contributed by atoms with Crippen LogP contribution in [0.2, 0.25) is 0 Å². The van der Waals surface area contributed by atoms with Crippen LogP contribution in [-0.4, -0.2) is 35.4 Å². The highest BCUT2D eigenvalue weighted by Gasteiger charge is 2.32. The largest absolute Gasteiger partial charge is 0.405 e. The predicted molar refractivity (Wildman–Crippen MR) is 58.3 cm³/mol. The number of nitrogens with zero attached hydrogens (tertiary/aromatic N) is 3. The zero-order chi connectivity index (χ0) is 13.4. The first kappa shape index (κ1) is 13.3. The van der Waals surface area contributed by atoms with E-state index in [1.165, 1.54) is 18.8 Å². The van der Waals surface area contributed by atoms with Crippen LogP contribution < -0.4 is 10.6 Å². The van der Waals surface area contributed by atoms with Crippen LogP contribution in [0, 0.1) is 12.3 Å². The van der Waals surface area contributed by atoms with Crippen molar-refractivity contribution in [3.8, 4) is 0 Å². The van der Waals surface area contributed by atoms with Crippen LogP contribution in [0.4, 0.5) is 19.0 Å². The first-order chi connectivity index (χ1) is 7.63. The molecule has 0 saturated heterocycles. The second-order valence-corrected chi connectivity index (χ2v) is 3.79. The van der Waals surface area contributed by atoms with Gasteiger partial charge in [0.05, 0.1) is 11.3 Å². The van der Waals surface area contributed by atoms with Crippen LogP contribution in [-0.2, 0) is 7.05 Å². The summed E-state index contributed by atoms with van der Waals surface area (Å²) in [5.41, 5.74) is 6.02. The smallest absolute Gasteiger partial charge is 0.384 e. The SMILES string of the molecule is Cc1nn(C)c(N(C)CC(F)(F)F)c1C(=N)N. The first-order valence-electron chi connectivity index (χ1n) is 4.79. The fourth-order valence-electron chi connectivity index (χ4n) is 1.74. The quantitative estimate of drug-likeness (QED) is 0.620. The Balaban J connectivity index is 3.17. The average molecular weight is 249 g/mol. The molecule has 0 unspecified atom stereocenters. The zero-order valence-electron chi connectivity index (χ0n) is 9.76. The van der Waals surface area contributed by atoms with Crippen molar-refractivity contribution in [2.24, 2.45) is 12.8 Å². The van der Waals surface area contributed by atoms with Gasteiger partial charge in [-0.1, -0.05) is 0 Å². The Morgan fingerprint density at radius 2 is 2.06 bits per heavy atom. The van der Waals surface area contributed by atoms with Gasteiger partial charge in [0, 0.05) is 14.1 Å². The van der Waals surface area contributed by atoms with Crippen LogP contribution in [0.5, 0.6) is 0 Å². The minimum Gasteiger partial charge on any atom is -0.384 e. The minimum atomic E-state index is -4.32. The Morgan fingerprint density at radius 1 is 1.53 bits per heavy atom. The molecule has 3 N–H and O–H groups in total. The Kier molecular flexibility index (Phi) is 3.35. The monoisotopic (exact) mass is 249 g/mol. The number of anilines is 1. The van der Waals surface area contributed by atoms with Gasteiger partial charge in [-0.3, -0.25) is 10.1 Å². The third-order valence-corrected chi connectivity index (χ3v) is 2.24. The van der Waals surface area contributed by atoms with E-state index in [2.05, 4.69) is 5.10 Å². The van der Waals surface area contributed by atoms with Crippen LogP contribution in [0.3, 0.4) is 0 Å². The Labute approximate surface area is 96.5 Å². The molecule has 0 amide bonds. The molecule has 0 saturated carbocycles. The van der Waals surface area contributed by atoms with Crippen LogP contribution in [0.25, 0.3) is 0 Å². The van der Waals surface area contributed by atoms with Gasteiger partial charge in [0.1, 0.15) is 18.2 Å². The number of nitrogens with one attached hydrogen (secondary N) is 1. The maximum atomic E-state index is 12.3. The van der Waals surface area contributed by atoms with E-state index in [1.54, 1.807) is 6.92 Å². The van der Waals surface area contributed by atoms with E-state index < -0.39 is 12.7 Å². The molecule has 8 heteroatoms. The lowest BCUT2D eigenvalue weighted by atomic mass is 10.2. The number of aryl methyl sites for hydroxylation is 2. The molecule has 0 aliphatic heterocycles. The van der Waals surface area contributed by atoms with Gasteiger partial charge in [0.25, 0.3) is 0 Å². The number of alkyl halides is 3. The van der Waals surface area contributed by atoms with E-state index in [0.29, 0.717) is 5.69 Å². The maximum Gasteiger partial charge on any atom is 0.405 e. The molecule has 1 aromatic rings. The van der Waals surface area contributed by atoms with Crippen LogP contribution in [0.15, 0.2) is 0 Å². The summed E-state index contributed by atoms with van der Waals surface area (Å²) in [6.07, 6.45) is -4.32.